The fraction of sp³-hybridized carbons (Fsp3) is 0.484. The van der Waals surface area contributed by atoms with Gasteiger partial charge in [0.25, 0.3) is 11.8 Å². The molecule has 0 aliphatic heterocycles. The number of hydrogen-bond acceptors (Lipinski definition) is 8. The van der Waals surface area contributed by atoms with Gasteiger partial charge < -0.3 is 30.5 Å². The van der Waals surface area contributed by atoms with Gasteiger partial charge in [-0.1, -0.05) is 54.9 Å². The monoisotopic (exact) mass is 594 g/mol. The van der Waals surface area contributed by atoms with Gasteiger partial charge in [-0.3, -0.25) is 19.2 Å². The van der Waals surface area contributed by atoms with Gasteiger partial charge in [-0.25, -0.2) is 0 Å². The molecule has 0 saturated heterocycles. The lowest BCUT2D eigenvalue weighted by atomic mass is 10.1. The van der Waals surface area contributed by atoms with Crippen LogP contribution in [0.4, 0.5) is 0 Å². The second-order valence-corrected chi connectivity index (χ2v) is 10.9. The van der Waals surface area contributed by atoms with E-state index in [1.807, 2.05) is 51.1 Å². The minimum atomic E-state index is -1.36. The number of allylic oxidation sites excluding steroid dienone is 1. The molecule has 0 unspecified atom stereocenters. The number of carbonyl (C=O) groups is 4. The van der Waals surface area contributed by atoms with E-state index in [-0.39, 0.29) is 36.1 Å². The minimum absolute atomic E-state index is 0.0464. The van der Waals surface area contributed by atoms with Crippen molar-refractivity contribution in [2.24, 2.45) is 5.92 Å². The van der Waals surface area contributed by atoms with Crippen molar-refractivity contribution in [3.8, 4) is 6.07 Å². The number of benzene rings is 1. The molecule has 3 atom stereocenters. The molecule has 0 saturated carbocycles. The van der Waals surface area contributed by atoms with Crippen molar-refractivity contribution in [1.29, 1.82) is 5.26 Å². The molecule has 43 heavy (non-hydrogen) atoms. The average Bonchev–Trinajstić information content (AvgIpc) is 3.40. The van der Waals surface area contributed by atoms with Crippen molar-refractivity contribution in [3.63, 3.8) is 0 Å². The molecule has 0 aliphatic rings. The summed E-state index contributed by atoms with van der Waals surface area (Å²) in [6, 6.07) is 8.64. The van der Waals surface area contributed by atoms with Gasteiger partial charge in [0.1, 0.15) is 29.5 Å². The number of carbonyl (C=O) groups excluding carboxylic acids is 4. The van der Waals surface area contributed by atoms with E-state index in [1.165, 1.54) is 17.9 Å². The molecule has 0 radical (unpaired) electrons. The quantitative estimate of drug-likeness (QED) is 0.138. The molecule has 4 amide bonds. The van der Waals surface area contributed by atoms with Gasteiger partial charge in [0.15, 0.2) is 5.69 Å². The van der Waals surface area contributed by atoms with E-state index in [0.717, 1.165) is 11.1 Å². The number of amides is 4. The Bertz CT molecular complexity index is 1320. The van der Waals surface area contributed by atoms with Crippen molar-refractivity contribution >= 4 is 23.6 Å². The number of aromatic nitrogens is 1. The number of aliphatic hydroxyl groups is 1. The third-order valence-corrected chi connectivity index (χ3v) is 6.57. The summed E-state index contributed by atoms with van der Waals surface area (Å²) in [5.41, 5.74) is 1.98. The molecule has 2 rings (SSSR count). The summed E-state index contributed by atoms with van der Waals surface area (Å²) >= 11 is 0. The highest BCUT2D eigenvalue weighted by Gasteiger charge is 2.30. The largest absolute Gasteiger partial charge is 0.391 e. The molecule has 2 aromatic rings. The Morgan fingerprint density at radius 2 is 1.74 bits per heavy atom. The fourth-order valence-electron chi connectivity index (χ4n) is 4.14. The van der Waals surface area contributed by atoms with E-state index < -0.39 is 35.9 Å². The van der Waals surface area contributed by atoms with Gasteiger partial charge in [0.05, 0.1) is 6.10 Å². The summed E-state index contributed by atoms with van der Waals surface area (Å²) in [6.45, 7) is 9.26. The minimum Gasteiger partial charge on any atom is -0.391 e. The van der Waals surface area contributed by atoms with Crippen molar-refractivity contribution in [3.05, 3.63) is 64.6 Å². The first-order valence-electron chi connectivity index (χ1n) is 14.3. The van der Waals surface area contributed by atoms with Crippen molar-refractivity contribution in [2.45, 2.75) is 78.6 Å². The topological polar surface area (TPSA) is 178 Å². The maximum Gasteiger partial charge on any atom is 0.274 e. The van der Waals surface area contributed by atoms with E-state index in [9.17, 15) is 29.5 Å². The van der Waals surface area contributed by atoms with Crippen LogP contribution in [0.15, 0.2) is 46.5 Å². The first kappa shape index (κ1) is 34.7. The number of nitrogens with one attached hydrogen (secondary N) is 3. The summed E-state index contributed by atoms with van der Waals surface area (Å²) in [4.78, 5) is 53.1. The lowest BCUT2D eigenvalue weighted by Crippen LogP contribution is -2.57. The van der Waals surface area contributed by atoms with Crippen LogP contribution in [0.2, 0.25) is 0 Å². The fourth-order valence-corrected chi connectivity index (χ4v) is 4.14. The van der Waals surface area contributed by atoms with E-state index >= 15 is 0 Å². The number of unbranched alkanes of at least 4 members (excludes halogenated alkanes) is 1. The summed E-state index contributed by atoms with van der Waals surface area (Å²) in [5.74, 6) is -1.83. The molecule has 1 heterocycles. The Balaban J connectivity index is 2.09. The molecule has 4 N–H and O–H groups in total. The van der Waals surface area contributed by atoms with Gasteiger partial charge in [-0.15, -0.1) is 0 Å². The molecule has 1 aromatic heterocycles. The zero-order chi connectivity index (χ0) is 32.1. The predicted octanol–water partition coefficient (Wildman–Crippen LogP) is 2.31. The van der Waals surface area contributed by atoms with E-state index in [0.29, 0.717) is 25.1 Å². The van der Waals surface area contributed by atoms with Crippen LogP contribution in [0.3, 0.4) is 0 Å². The third kappa shape index (κ3) is 11.4. The Morgan fingerprint density at radius 1 is 1.07 bits per heavy atom. The molecule has 0 aliphatic carbocycles. The van der Waals surface area contributed by atoms with E-state index in [4.69, 9.17) is 4.52 Å². The van der Waals surface area contributed by atoms with Crippen LogP contribution in [-0.2, 0) is 20.9 Å². The number of nitrogens with zero attached hydrogens (tertiary/aromatic N) is 3. The second-order valence-electron chi connectivity index (χ2n) is 10.9. The Labute approximate surface area is 252 Å². The number of rotatable bonds is 15. The molecular formula is C31H42N6O6. The number of likely N-dealkylation sites (N-methyl/N-ethyl adjacent to an activating group) is 1. The van der Waals surface area contributed by atoms with Crippen LogP contribution in [0, 0.1) is 31.1 Å². The summed E-state index contributed by atoms with van der Waals surface area (Å²) in [7, 11) is 1.60. The maximum absolute atomic E-state index is 13.2. The van der Waals surface area contributed by atoms with E-state index in [2.05, 4.69) is 21.1 Å². The molecular weight excluding hydrogens is 552 g/mol. The molecule has 12 heteroatoms. The molecule has 0 fully saturated rings. The highest BCUT2D eigenvalue weighted by Crippen LogP contribution is 2.10. The standard InChI is InChI=1S/C31H42N6O6/c1-19(2)15-24(17-32)31(42)37(6)14-8-7-9-25(28(39)33-18-23-12-10-20(3)11-13-23)34-30(41)27(22(5)38)35-29(40)26-16-21(4)43-36-26/h10-13,15-16,19,22,25,27,38H,7-9,14,18H2,1-6H3,(H,33,39)(H,34,41)(H,35,40)/b24-15+/t22-,25+,27+/m1/s1. The second kappa shape index (κ2) is 16.8. The zero-order valence-electron chi connectivity index (χ0n) is 25.6. The van der Waals surface area contributed by atoms with Crippen LogP contribution in [-0.4, -0.2) is 70.6 Å². The van der Waals surface area contributed by atoms with Crippen molar-refractivity contribution < 1.29 is 28.8 Å². The lowest BCUT2D eigenvalue weighted by molar-refractivity contribution is -0.131. The SMILES string of the molecule is Cc1ccc(CNC(=O)[C@H](CCCCN(C)C(=O)/C(C#N)=C/C(C)C)NC(=O)[C@@H](NC(=O)c2cc(C)on2)[C@@H](C)O)cc1. The first-order valence-corrected chi connectivity index (χ1v) is 14.3. The van der Waals surface area contributed by atoms with Crippen molar-refractivity contribution in [1.82, 2.24) is 26.0 Å². The van der Waals surface area contributed by atoms with Crippen LogP contribution in [0.5, 0.6) is 0 Å². The number of nitriles is 1. The van der Waals surface area contributed by atoms with Gasteiger partial charge in [-0.05, 0) is 51.5 Å². The molecule has 0 bridgehead atoms. The normalized spacial score (nSPS) is 13.4. The van der Waals surface area contributed by atoms with Crippen LogP contribution in [0.1, 0.15) is 67.4 Å². The number of aliphatic hydroxyl groups excluding tert-OH is 1. The Hall–Kier alpha value is -4.50. The third-order valence-electron chi connectivity index (χ3n) is 6.57. The van der Waals surface area contributed by atoms with E-state index in [1.54, 1.807) is 20.0 Å². The highest BCUT2D eigenvalue weighted by molar-refractivity contribution is 5.98. The Kier molecular flexibility index (Phi) is 13.6. The van der Waals surface area contributed by atoms with Crippen molar-refractivity contribution in [2.75, 3.05) is 13.6 Å². The highest BCUT2D eigenvalue weighted by atomic mass is 16.5. The van der Waals surface area contributed by atoms with Gasteiger partial charge in [0.2, 0.25) is 11.8 Å². The number of hydrogen-bond donors (Lipinski definition) is 4. The first-order chi connectivity index (χ1) is 20.3. The average molecular weight is 595 g/mol. The molecule has 12 nitrogen and oxygen atoms in total. The van der Waals surface area contributed by atoms with Gasteiger partial charge in [-0.2, -0.15) is 5.26 Å². The van der Waals surface area contributed by atoms with Crippen LogP contribution >= 0.6 is 0 Å². The van der Waals surface area contributed by atoms with Gasteiger partial charge >= 0.3 is 0 Å². The molecule has 232 valence electrons. The number of aryl methyl sites for hydroxylation is 2. The van der Waals surface area contributed by atoms with Gasteiger partial charge in [0, 0.05) is 26.2 Å². The predicted molar refractivity (Wildman–Crippen MR) is 159 cm³/mol. The Morgan fingerprint density at radius 3 is 2.30 bits per heavy atom. The molecule has 1 aromatic carbocycles. The molecule has 0 spiro atoms. The summed E-state index contributed by atoms with van der Waals surface area (Å²) < 4.78 is 4.91. The summed E-state index contributed by atoms with van der Waals surface area (Å²) in [5, 5.41) is 31.2. The smallest absolute Gasteiger partial charge is 0.274 e. The maximum atomic E-state index is 13.2. The van der Waals surface area contributed by atoms with Crippen LogP contribution < -0.4 is 16.0 Å². The van der Waals surface area contributed by atoms with Crippen LogP contribution in [0.25, 0.3) is 0 Å². The zero-order valence-corrected chi connectivity index (χ0v) is 25.6. The lowest BCUT2D eigenvalue weighted by Gasteiger charge is -2.25. The summed E-state index contributed by atoms with van der Waals surface area (Å²) in [6.07, 6.45) is 1.52.